The molecular formula is C14H14FN3S2. The SMILES string of the molecule is CNc1nc(CSc2ccccc2F)nc2c1CSC2. The first kappa shape index (κ1) is 13.7. The van der Waals surface area contributed by atoms with Crippen LogP contribution in [0.15, 0.2) is 29.2 Å². The molecule has 3 rings (SSSR count). The lowest BCUT2D eigenvalue weighted by Gasteiger charge is -2.09. The summed E-state index contributed by atoms with van der Waals surface area (Å²) in [5.74, 6) is 3.94. The number of benzene rings is 1. The second kappa shape index (κ2) is 6.01. The van der Waals surface area contributed by atoms with Crippen molar-refractivity contribution in [1.82, 2.24) is 9.97 Å². The molecular weight excluding hydrogens is 293 g/mol. The van der Waals surface area contributed by atoms with Gasteiger partial charge in [0.15, 0.2) is 0 Å². The number of halogens is 1. The fraction of sp³-hybridized carbons (Fsp3) is 0.286. The van der Waals surface area contributed by atoms with Crippen molar-refractivity contribution in [1.29, 1.82) is 0 Å². The topological polar surface area (TPSA) is 37.8 Å². The van der Waals surface area contributed by atoms with Crippen molar-refractivity contribution in [3.8, 4) is 0 Å². The molecule has 0 bridgehead atoms. The maximum atomic E-state index is 13.6. The molecule has 0 unspecified atom stereocenters. The summed E-state index contributed by atoms with van der Waals surface area (Å²) < 4.78 is 13.6. The maximum absolute atomic E-state index is 13.6. The third kappa shape index (κ3) is 2.76. The van der Waals surface area contributed by atoms with E-state index in [-0.39, 0.29) is 5.82 Å². The number of aromatic nitrogens is 2. The van der Waals surface area contributed by atoms with Gasteiger partial charge < -0.3 is 5.32 Å². The summed E-state index contributed by atoms with van der Waals surface area (Å²) in [6.07, 6.45) is 0. The molecule has 6 heteroatoms. The van der Waals surface area contributed by atoms with E-state index in [1.54, 1.807) is 12.1 Å². The molecule has 2 heterocycles. The van der Waals surface area contributed by atoms with E-state index in [0.717, 1.165) is 28.8 Å². The number of rotatable bonds is 4. The van der Waals surface area contributed by atoms with Gasteiger partial charge >= 0.3 is 0 Å². The Bertz CT molecular complexity index is 634. The van der Waals surface area contributed by atoms with Crippen LogP contribution in [0.25, 0.3) is 0 Å². The van der Waals surface area contributed by atoms with Crippen LogP contribution < -0.4 is 5.32 Å². The highest BCUT2D eigenvalue weighted by Gasteiger charge is 2.19. The van der Waals surface area contributed by atoms with Crippen molar-refractivity contribution >= 4 is 29.3 Å². The lowest BCUT2D eigenvalue weighted by molar-refractivity contribution is 0.602. The highest BCUT2D eigenvalue weighted by atomic mass is 32.2. The second-order valence-corrected chi connectivity index (χ2v) is 6.38. The number of anilines is 1. The Morgan fingerprint density at radius 2 is 2.15 bits per heavy atom. The average molecular weight is 307 g/mol. The van der Waals surface area contributed by atoms with Crippen LogP contribution in [-0.4, -0.2) is 17.0 Å². The number of hydrogen-bond donors (Lipinski definition) is 1. The fourth-order valence-electron chi connectivity index (χ4n) is 2.08. The summed E-state index contributed by atoms with van der Waals surface area (Å²) in [7, 11) is 1.87. The van der Waals surface area contributed by atoms with Crippen LogP contribution in [0.3, 0.4) is 0 Å². The Hall–Kier alpha value is -1.27. The van der Waals surface area contributed by atoms with Crippen LogP contribution in [0.1, 0.15) is 17.1 Å². The number of nitrogens with one attached hydrogen (secondary N) is 1. The van der Waals surface area contributed by atoms with Crippen molar-refractivity contribution in [3.63, 3.8) is 0 Å². The number of nitrogens with zero attached hydrogens (tertiary/aromatic N) is 2. The fourth-order valence-corrected chi connectivity index (χ4v) is 3.91. The number of fused-ring (bicyclic) bond motifs is 1. The Balaban J connectivity index is 1.80. The molecule has 104 valence electrons. The summed E-state index contributed by atoms with van der Waals surface area (Å²) in [6, 6.07) is 6.79. The van der Waals surface area contributed by atoms with Crippen molar-refractivity contribution in [2.45, 2.75) is 22.2 Å². The monoisotopic (exact) mass is 307 g/mol. The Morgan fingerprint density at radius 1 is 1.30 bits per heavy atom. The molecule has 0 atom stereocenters. The van der Waals surface area contributed by atoms with Crippen molar-refractivity contribution < 1.29 is 4.39 Å². The normalized spacial score (nSPS) is 13.3. The second-order valence-electron chi connectivity index (χ2n) is 4.38. The van der Waals surface area contributed by atoms with Gasteiger partial charge in [0.2, 0.25) is 0 Å². The largest absolute Gasteiger partial charge is 0.373 e. The highest BCUT2D eigenvalue weighted by Crippen LogP contribution is 2.33. The maximum Gasteiger partial charge on any atom is 0.141 e. The van der Waals surface area contributed by atoms with Crippen LogP contribution in [0.5, 0.6) is 0 Å². The van der Waals surface area contributed by atoms with Gasteiger partial charge in [-0.15, -0.1) is 11.8 Å². The lowest BCUT2D eigenvalue weighted by Crippen LogP contribution is -2.05. The molecule has 1 aliphatic heterocycles. The van der Waals surface area contributed by atoms with E-state index < -0.39 is 0 Å². The minimum atomic E-state index is -0.192. The zero-order chi connectivity index (χ0) is 13.9. The third-order valence-electron chi connectivity index (χ3n) is 3.05. The summed E-state index contributed by atoms with van der Waals surface area (Å²) in [5.41, 5.74) is 2.32. The first-order valence-corrected chi connectivity index (χ1v) is 8.43. The summed E-state index contributed by atoms with van der Waals surface area (Å²) in [6.45, 7) is 0. The number of hydrogen-bond acceptors (Lipinski definition) is 5. The van der Waals surface area contributed by atoms with E-state index >= 15 is 0 Å². The molecule has 1 aromatic heterocycles. The third-order valence-corrected chi connectivity index (χ3v) is 5.07. The van der Waals surface area contributed by atoms with Gasteiger partial charge in [0.05, 0.1) is 11.4 Å². The van der Waals surface area contributed by atoms with Crippen LogP contribution >= 0.6 is 23.5 Å². The molecule has 2 aromatic rings. The highest BCUT2D eigenvalue weighted by molar-refractivity contribution is 7.98. The van der Waals surface area contributed by atoms with Gasteiger partial charge in [-0.05, 0) is 12.1 Å². The van der Waals surface area contributed by atoms with Crippen molar-refractivity contribution in [2.75, 3.05) is 12.4 Å². The molecule has 0 saturated carbocycles. The molecule has 0 fully saturated rings. The van der Waals surface area contributed by atoms with Gasteiger partial charge in [0, 0.05) is 29.0 Å². The van der Waals surface area contributed by atoms with E-state index in [9.17, 15) is 4.39 Å². The first-order valence-electron chi connectivity index (χ1n) is 6.29. The van der Waals surface area contributed by atoms with Crippen molar-refractivity contribution in [3.05, 3.63) is 47.2 Å². The van der Waals surface area contributed by atoms with E-state index in [0.29, 0.717) is 10.6 Å². The molecule has 0 radical (unpaired) electrons. The zero-order valence-corrected chi connectivity index (χ0v) is 12.7. The Morgan fingerprint density at radius 3 is 2.95 bits per heavy atom. The first-order chi connectivity index (χ1) is 9.78. The van der Waals surface area contributed by atoms with E-state index in [1.807, 2.05) is 24.9 Å². The van der Waals surface area contributed by atoms with E-state index in [2.05, 4.69) is 15.3 Å². The lowest BCUT2D eigenvalue weighted by atomic mass is 10.2. The van der Waals surface area contributed by atoms with Crippen LogP contribution in [0, 0.1) is 5.82 Å². The Labute approximate surface area is 125 Å². The molecule has 20 heavy (non-hydrogen) atoms. The summed E-state index contributed by atoms with van der Waals surface area (Å²) in [5, 5.41) is 3.13. The molecule has 1 N–H and O–H groups in total. The van der Waals surface area contributed by atoms with E-state index in [1.165, 1.54) is 23.4 Å². The molecule has 1 aromatic carbocycles. The minimum absolute atomic E-state index is 0.192. The summed E-state index contributed by atoms with van der Waals surface area (Å²) in [4.78, 5) is 9.76. The van der Waals surface area contributed by atoms with Crippen LogP contribution in [0.4, 0.5) is 10.2 Å². The standard InChI is InChI=1S/C14H14FN3S2/c1-16-14-9-6-19-7-11(9)17-13(18-14)8-20-12-5-3-2-4-10(12)15/h2-5H,6-8H2,1H3,(H,16,17,18). The predicted octanol–water partition coefficient (Wildman–Crippen LogP) is 3.70. The van der Waals surface area contributed by atoms with Gasteiger partial charge in [-0.3, -0.25) is 0 Å². The summed E-state index contributed by atoms with van der Waals surface area (Å²) >= 11 is 3.28. The van der Waals surface area contributed by atoms with E-state index in [4.69, 9.17) is 0 Å². The molecule has 3 nitrogen and oxygen atoms in total. The van der Waals surface area contributed by atoms with Gasteiger partial charge in [-0.1, -0.05) is 12.1 Å². The molecule has 0 amide bonds. The molecule has 0 spiro atoms. The van der Waals surface area contributed by atoms with Crippen LogP contribution in [-0.2, 0) is 17.3 Å². The van der Waals surface area contributed by atoms with Gasteiger partial charge in [-0.2, -0.15) is 11.8 Å². The predicted molar refractivity (Wildman–Crippen MR) is 82.5 cm³/mol. The average Bonchev–Trinajstić information content (AvgIpc) is 2.94. The van der Waals surface area contributed by atoms with Gasteiger partial charge in [-0.25, -0.2) is 14.4 Å². The molecule has 1 aliphatic rings. The van der Waals surface area contributed by atoms with Gasteiger partial charge in [0.25, 0.3) is 0 Å². The smallest absolute Gasteiger partial charge is 0.141 e. The minimum Gasteiger partial charge on any atom is -0.373 e. The number of thioether (sulfide) groups is 2. The van der Waals surface area contributed by atoms with Crippen molar-refractivity contribution in [2.24, 2.45) is 0 Å². The molecule has 0 aliphatic carbocycles. The van der Waals surface area contributed by atoms with Crippen LogP contribution in [0.2, 0.25) is 0 Å². The zero-order valence-electron chi connectivity index (χ0n) is 11.0. The Kier molecular flexibility index (Phi) is 4.12. The molecule has 0 saturated heterocycles. The quantitative estimate of drug-likeness (QED) is 0.872. The van der Waals surface area contributed by atoms with Gasteiger partial charge in [0.1, 0.15) is 17.5 Å².